The van der Waals surface area contributed by atoms with Crippen LogP contribution in [0.15, 0.2) is 42.6 Å². The average molecular weight is 553 g/mol. The van der Waals surface area contributed by atoms with Crippen LogP contribution in [-0.4, -0.2) is 70.1 Å². The second kappa shape index (κ2) is 11.1. The predicted octanol–water partition coefficient (Wildman–Crippen LogP) is 4.48. The van der Waals surface area contributed by atoms with Crippen molar-refractivity contribution in [1.82, 2.24) is 20.1 Å². The number of carbonyl (C=O) groups excluding carboxylic acids is 3. The van der Waals surface area contributed by atoms with Gasteiger partial charge in [-0.15, -0.1) is 0 Å². The molecule has 4 heterocycles. The molecule has 1 aromatic carbocycles. The molecule has 2 aromatic rings. The number of hydrogen-bond donors (Lipinski definition) is 1. The van der Waals surface area contributed by atoms with Crippen LogP contribution in [-0.2, 0) is 9.53 Å². The number of carbonyl (C=O) groups is 3. The molecule has 5 rings (SSSR count). The van der Waals surface area contributed by atoms with Crippen LogP contribution >= 0.6 is 0 Å². The van der Waals surface area contributed by atoms with Gasteiger partial charge >= 0.3 is 6.09 Å². The molecular weight excluding hydrogens is 515 g/mol. The van der Waals surface area contributed by atoms with Crippen LogP contribution in [0.25, 0.3) is 0 Å². The topological polar surface area (TPSA) is 101 Å². The van der Waals surface area contributed by atoms with Gasteiger partial charge in [-0.05, 0) is 63.9 Å². The van der Waals surface area contributed by atoms with E-state index in [-0.39, 0.29) is 23.8 Å². The van der Waals surface area contributed by atoms with Gasteiger partial charge in [0.05, 0.1) is 6.04 Å². The highest BCUT2D eigenvalue weighted by Gasteiger charge is 2.45. The first-order valence-corrected chi connectivity index (χ1v) is 14.0. The molecule has 2 fully saturated rings. The first kappa shape index (κ1) is 27.9. The van der Waals surface area contributed by atoms with Gasteiger partial charge in [0.25, 0.3) is 5.91 Å². The SMILES string of the molecule is CC(C)(C)OC(=O)N1CCC(C(=O)N2CCC3(CC2)CC(NC(=O)c2ccccn2)c2cc(F)ccc2O3)CC1. The van der Waals surface area contributed by atoms with E-state index < -0.39 is 23.1 Å². The van der Waals surface area contributed by atoms with E-state index in [4.69, 9.17) is 9.47 Å². The van der Waals surface area contributed by atoms with E-state index in [9.17, 15) is 18.8 Å². The molecule has 0 radical (unpaired) electrons. The summed E-state index contributed by atoms with van der Waals surface area (Å²) in [7, 11) is 0. The molecule has 1 unspecified atom stereocenters. The van der Waals surface area contributed by atoms with Crippen LogP contribution in [0.3, 0.4) is 0 Å². The summed E-state index contributed by atoms with van der Waals surface area (Å²) in [5.41, 5.74) is -0.239. The molecule has 2 saturated heterocycles. The van der Waals surface area contributed by atoms with Gasteiger partial charge in [0, 0.05) is 63.1 Å². The first-order valence-electron chi connectivity index (χ1n) is 14.0. The third kappa shape index (κ3) is 6.21. The van der Waals surface area contributed by atoms with Crippen LogP contribution in [0.5, 0.6) is 5.75 Å². The van der Waals surface area contributed by atoms with Crippen molar-refractivity contribution in [2.24, 2.45) is 5.92 Å². The molecule has 0 saturated carbocycles. The van der Waals surface area contributed by atoms with Crippen molar-refractivity contribution in [2.45, 2.75) is 70.1 Å². The number of likely N-dealkylation sites (tertiary alicyclic amines) is 2. The molecule has 0 bridgehead atoms. The number of pyridine rings is 1. The van der Waals surface area contributed by atoms with E-state index in [1.807, 2.05) is 25.7 Å². The number of ether oxygens (including phenoxy) is 2. The Hall–Kier alpha value is -3.69. The van der Waals surface area contributed by atoms with Crippen molar-refractivity contribution in [2.75, 3.05) is 26.2 Å². The second-order valence-corrected chi connectivity index (χ2v) is 12.0. The van der Waals surface area contributed by atoms with Crippen molar-refractivity contribution >= 4 is 17.9 Å². The highest BCUT2D eigenvalue weighted by Crippen LogP contribution is 2.45. The monoisotopic (exact) mass is 552 g/mol. The average Bonchev–Trinajstić information content (AvgIpc) is 2.93. The van der Waals surface area contributed by atoms with Crippen molar-refractivity contribution < 1.29 is 28.2 Å². The summed E-state index contributed by atoms with van der Waals surface area (Å²) >= 11 is 0. The number of benzene rings is 1. The zero-order valence-corrected chi connectivity index (χ0v) is 23.3. The highest BCUT2D eigenvalue weighted by atomic mass is 19.1. The van der Waals surface area contributed by atoms with Crippen molar-refractivity contribution in [3.8, 4) is 5.75 Å². The van der Waals surface area contributed by atoms with Crippen molar-refractivity contribution in [3.63, 3.8) is 0 Å². The quantitative estimate of drug-likeness (QED) is 0.603. The number of halogens is 1. The molecule has 3 amide bonds. The lowest BCUT2D eigenvalue weighted by Crippen LogP contribution is -2.54. The smallest absolute Gasteiger partial charge is 0.410 e. The summed E-state index contributed by atoms with van der Waals surface area (Å²) < 4.78 is 26.1. The number of amides is 3. The lowest BCUT2D eigenvalue weighted by molar-refractivity contribution is -0.141. The van der Waals surface area contributed by atoms with E-state index in [1.54, 1.807) is 35.4 Å². The van der Waals surface area contributed by atoms with Gasteiger partial charge in [-0.1, -0.05) is 6.07 Å². The summed E-state index contributed by atoms with van der Waals surface area (Å²) in [6.45, 7) is 7.58. The number of rotatable bonds is 3. The summed E-state index contributed by atoms with van der Waals surface area (Å²) in [5, 5.41) is 3.03. The fourth-order valence-electron chi connectivity index (χ4n) is 5.83. The molecular formula is C30H37FN4O5. The van der Waals surface area contributed by atoms with Crippen LogP contribution in [0.1, 0.15) is 75.0 Å². The Balaban J connectivity index is 1.21. The van der Waals surface area contributed by atoms with Crippen LogP contribution in [0.2, 0.25) is 0 Å². The minimum Gasteiger partial charge on any atom is -0.487 e. The number of fused-ring (bicyclic) bond motifs is 1. The standard InChI is InChI=1S/C30H37FN4O5/c1-29(2,3)40-28(38)35-14-9-20(10-15-35)27(37)34-16-11-30(12-17-34)19-24(22-18-21(31)7-8-25(22)39-30)33-26(36)23-6-4-5-13-32-23/h4-8,13,18,20,24H,9-12,14-17,19H2,1-3H3,(H,33,36). The lowest BCUT2D eigenvalue weighted by Gasteiger charge is -2.47. The van der Waals surface area contributed by atoms with E-state index in [2.05, 4.69) is 10.3 Å². The van der Waals surface area contributed by atoms with Gasteiger partial charge in [-0.2, -0.15) is 0 Å². The maximum Gasteiger partial charge on any atom is 0.410 e. The molecule has 0 aliphatic carbocycles. The van der Waals surface area contributed by atoms with Gasteiger partial charge in [0.15, 0.2) is 0 Å². The summed E-state index contributed by atoms with van der Waals surface area (Å²) in [6.07, 6.45) is 4.11. The van der Waals surface area contributed by atoms with E-state index in [1.165, 1.54) is 12.1 Å². The van der Waals surface area contributed by atoms with Gasteiger partial charge in [-0.25, -0.2) is 9.18 Å². The van der Waals surface area contributed by atoms with Crippen molar-refractivity contribution in [1.29, 1.82) is 0 Å². The maximum atomic E-state index is 14.2. The van der Waals surface area contributed by atoms with Gasteiger partial charge in [0.2, 0.25) is 5.91 Å². The Morgan fingerprint density at radius 3 is 2.42 bits per heavy atom. The fraction of sp³-hybridized carbons (Fsp3) is 0.533. The summed E-state index contributed by atoms with van der Waals surface area (Å²) in [4.78, 5) is 46.4. The van der Waals surface area contributed by atoms with Gasteiger partial charge < -0.3 is 24.6 Å². The number of aromatic nitrogens is 1. The number of hydrogen-bond acceptors (Lipinski definition) is 6. The Kier molecular flexibility index (Phi) is 7.70. The Morgan fingerprint density at radius 1 is 1.05 bits per heavy atom. The van der Waals surface area contributed by atoms with E-state index in [0.29, 0.717) is 75.3 Å². The van der Waals surface area contributed by atoms with E-state index >= 15 is 0 Å². The number of piperidine rings is 2. The van der Waals surface area contributed by atoms with E-state index in [0.717, 1.165) is 0 Å². The number of nitrogens with one attached hydrogen (secondary N) is 1. The molecule has 1 atom stereocenters. The second-order valence-electron chi connectivity index (χ2n) is 12.0. The number of nitrogens with zero attached hydrogens (tertiary/aromatic N) is 3. The van der Waals surface area contributed by atoms with Crippen LogP contribution < -0.4 is 10.1 Å². The zero-order chi connectivity index (χ0) is 28.5. The Labute approximate surface area is 234 Å². The zero-order valence-electron chi connectivity index (χ0n) is 23.3. The minimum absolute atomic E-state index is 0.108. The van der Waals surface area contributed by atoms with Crippen molar-refractivity contribution in [3.05, 3.63) is 59.7 Å². The fourth-order valence-corrected chi connectivity index (χ4v) is 5.83. The van der Waals surface area contributed by atoms with Crippen LogP contribution in [0.4, 0.5) is 9.18 Å². The molecule has 9 nitrogen and oxygen atoms in total. The maximum absolute atomic E-state index is 14.2. The Morgan fingerprint density at radius 2 is 1.77 bits per heavy atom. The normalized spacial score (nSPS) is 20.9. The molecule has 3 aliphatic heterocycles. The van der Waals surface area contributed by atoms with Gasteiger partial charge in [-0.3, -0.25) is 14.6 Å². The van der Waals surface area contributed by atoms with Gasteiger partial charge in [0.1, 0.15) is 28.5 Å². The molecule has 1 spiro atoms. The first-order chi connectivity index (χ1) is 19.0. The molecule has 10 heteroatoms. The highest BCUT2D eigenvalue weighted by molar-refractivity contribution is 5.92. The molecule has 214 valence electrons. The largest absolute Gasteiger partial charge is 0.487 e. The molecule has 40 heavy (non-hydrogen) atoms. The third-order valence-electron chi connectivity index (χ3n) is 7.93. The lowest BCUT2D eigenvalue weighted by atomic mass is 9.80. The minimum atomic E-state index is -0.580. The molecule has 3 aliphatic rings. The molecule has 1 N–H and O–H groups in total. The summed E-state index contributed by atoms with van der Waals surface area (Å²) in [5.74, 6) is -0.198. The van der Waals surface area contributed by atoms with Crippen LogP contribution in [0, 0.1) is 11.7 Å². The third-order valence-corrected chi connectivity index (χ3v) is 7.93. The molecule has 1 aromatic heterocycles. The Bertz CT molecular complexity index is 1250. The summed E-state index contributed by atoms with van der Waals surface area (Å²) in [6, 6.07) is 9.05. The predicted molar refractivity (Wildman–Crippen MR) is 145 cm³/mol.